The average Bonchev–Trinajstić information content (AvgIpc) is 2.63. The minimum absolute atomic E-state index is 0.00815. The molecule has 7 nitrogen and oxygen atoms in total. The number of nitrogens with one attached hydrogen (secondary N) is 1. The molecule has 0 unspecified atom stereocenters. The van der Waals surface area contributed by atoms with Gasteiger partial charge in [-0.3, -0.25) is 19.3 Å². The molecule has 1 aliphatic heterocycles. The van der Waals surface area contributed by atoms with Crippen LogP contribution in [-0.4, -0.2) is 47.3 Å². The van der Waals surface area contributed by atoms with Crippen molar-refractivity contribution >= 4 is 23.7 Å². The molecule has 2 rings (SSSR count). The highest BCUT2D eigenvalue weighted by Crippen LogP contribution is 2.23. The summed E-state index contributed by atoms with van der Waals surface area (Å²) in [4.78, 5) is 46.7. The lowest BCUT2D eigenvalue weighted by molar-refractivity contribution is -0.120. The first-order chi connectivity index (χ1) is 8.95. The van der Waals surface area contributed by atoms with Crippen LogP contribution in [0.2, 0.25) is 0 Å². The number of amides is 3. The number of carbonyl (C=O) groups excluding carboxylic acids is 3. The third-order valence-corrected chi connectivity index (χ3v) is 2.80. The number of carbonyl (C=O) groups is 4. The van der Waals surface area contributed by atoms with Gasteiger partial charge in [-0.25, -0.2) is 4.79 Å². The van der Waals surface area contributed by atoms with E-state index in [1.165, 1.54) is 19.2 Å². The molecule has 0 aliphatic carbocycles. The predicted molar refractivity (Wildman–Crippen MR) is 62.8 cm³/mol. The standard InChI is InChI=1S/C12H10N2O5/c1-13-9(15)5-14-10(16)7-3-2-6(12(18)19)4-8(7)11(14)17/h2-4H,5H2,1H3,(H,13,15)(H,18,19). The summed E-state index contributed by atoms with van der Waals surface area (Å²) >= 11 is 0. The first-order valence-corrected chi connectivity index (χ1v) is 5.40. The number of hydrogen-bond donors (Lipinski definition) is 2. The Kier molecular flexibility index (Phi) is 3.04. The zero-order chi connectivity index (χ0) is 14.2. The first kappa shape index (κ1) is 12.7. The van der Waals surface area contributed by atoms with Gasteiger partial charge in [0.05, 0.1) is 16.7 Å². The smallest absolute Gasteiger partial charge is 0.335 e. The number of hydrogen-bond acceptors (Lipinski definition) is 4. The van der Waals surface area contributed by atoms with Gasteiger partial charge in [0.2, 0.25) is 5.91 Å². The number of aromatic carboxylic acids is 1. The molecule has 1 aromatic carbocycles. The maximum atomic E-state index is 12.0. The Morgan fingerprint density at radius 2 is 1.84 bits per heavy atom. The van der Waals surface area contributed by atoms with Gasteiger partial charge < -0.3 is 10.4 Å². The lowest BCUT2D eigenvalue weighted by Gasteiger charge is -2.11. The van der Waals surface area contributed by atoms with Gasteiger partial charge in [0, 0.05) is 7.05 Å². The minimum Gasteiger partial charge on any atom is -0.478 e. The second-order valence-electron chi connectivity index (χ2n) is 3.94. The number of rotatable bonds is 3. The summed E-state index contributed by atoms with van der Waals surface area (Å²) in [6.45, 7) is -0.384. The van der Waals surface area contributed by atoms with Crippen molar-refractivity contribution in [1.82, 2.24) is 10.2 Å². The van der Waals surface area contributed by atoms with Crippen LogP contribution in [0.3, 0.4) is 0 Å². The molecule has 1 aliphatic rings. The van der Waals surface area contributed by atoms with Gasteiger partial charge in [0.1, 0.15) is 6.54 Å². The van der Waals surface area contributed by atoms with Crippen LogP contribution in [0, 0.1) is 0 Å². The summed E-state index contributed by atoms with van der Waals surface area (Å²) in [5.41, 5.74) is 0.0365. The molecule has 19 heavy (non-hydrogen) atoms. The van der Waals surface area contributed by atoms with E-state index in [1.54, 1.807) is 0 Å². The van der Waals surface area contributed by atoms with E-state index >= 15 is 0 Å². The highest BCUT2D eigenvalue weighted by Gasteiger charge is 2.36. The lowest BCUT2D eigenvalue weighted by Crippen LogP contribution is -2.39. The maximum absolute atomic E-state index is 12.0. The number of likely N-dealkylation sites (N-methyl/N-ethyl adjacent to an activating group) is 1. The minimum atomic E-state index is -1.19. The van der Waals surface area contributed by atoms with Crippen molar-refractivity contribution in [2.24, 2.45) is 0 Å². The zero-order valence-corrected chi connectivity index (χ0v) is 9.97. The molecule has 1 heterocycles. The Hall–Kier alpha value is -2.70. The summed E-state index contributed by atoms with van der Waals surface area (Å²) in [5, 5.41) is 11.2. The van der Waals surface area contributed by atoms with E-state index < -0.39 is 23.7 Å². The van der Waals surface area contributed by atoms with Gasteiger partial charge in [0.15, 0.2) is 0 Å². The Labute approximate surface area is 107 Å². The highest BCUT2D eigenvalue weighted by molar-refractivity contribution is 6.22. The third-order valence-electron chi connectivity index (χ3n) is 2.80. The fraction of sp³-hybridized carbons (Fsp3) is 0.167. The number of nitrogens with zero attached hydrogens (tertiary/aromatic N) is 1. The number of carboxylic acids is 1. The van der Waals surface area contributed by atoms with Crippen LogP contribution in [-0.2, 0) is 4.79 Å². The molecule has 0 fully saturated rings. The third kappa shape index (κ3) is 2.05. The van der Waals surface area contributed by atoms with E-state index in [4.69, 9.17) is 5.11 Å². The molecule has 98 valence electrons. The average molecular weight is 262 g/mol. The normalized spacial score (nSPS) is 13.4. The molecule has 0 atom stereocenters. The van der Waals surface area contributed by atoms with E-state index in [1.807, 2.05) is 0 Å². The summed E-state index contributed by atoms with van der Waals surface area (Å²) in [6, 6.07) is 3.67. The fourth-order valence-corrected chi connectivity index (χ4v) is 1.79. The van der Waals surface area contributed by atoms with Crippen molar-refractivity contribution in [3.05, 3.63) is 34.9 Å². The van der Waals surface area contributed by atoms with Crippen LogP contribution in [0.25, 0.3) is 0 Å². The monoisotopic (exact) mass is 262 g/mol. The topological polar surface area (TPSA) is 104 Å². The van der Waals surface area contributed by atoms with Gasteiger partial charge in [-0.05, 0) is 18.2 Å². The molecule has 1 aromatic rings. The van der Waals surface area contributed by atoms with Crippen LogP contribution in [0.4, 0.5) is 0 Å². The number of carboxylic acid groups (broad SMARTS) is 1. The molecular formula is C12H10N2O5. The van der Waals surface area contributed by atoms with E-state index in [-0.39, 0.29) is 23.2 Å². The van der Waals surface area contributed by atoms with Crippen molar-refractivity contribution in [3.63, 3.8) is 0 Å². The quantitative estimate of drug-likeness (QED) is 0.729. The summed E-state index contributed by atoms with van der Waals surface area (Å²) in [6.07, 6.45) is 0. The molecule has 0 aromatic heterocycles. The summed E-state index contributed by atoms with van der Waals surface area (Å²) < 4.78 is 0. The van der Waals surface area contributed by atoms with Crippen molar-refractivity contribution in [3.8, 4) is 0 Å². The number of imide groups is 1. The largest absolute Gasteiger partial charge is 0.478 e. The zero-order valence-electron chi connectivity index (χ0n) is 9.97. The predicted octanol–water partition coefficient (Wildman–Crippen LogP) is -0.273. The van der Waals surface area contributed by atoms with E-state index in [9.17, 15) is 19.2 Å². The Morgan fingerprint density at radius 1 is 1.21 bits per heavy atom. The second kappa shape index (κ2) is 4.52. The molecule has 2 N–H and O–H groups in total. The van der Waals surface area contributed by atoms with Crippen molar-refractivity contribution < 1.29 is 24.3 Å². The number of benzene rings is 1. The van der Waals surface area contributed by atoms with Crippen LogP contribution in [0.15, 0.2) is 18.2 Å². The van der Waals surface area contributed by atoms with Crippen LogP contribution in [0.5, 0.6) is 0 Å². The first-order valence-electron chi connectivity index (χ1n) is 5.40. The molecule has 0 bridgehead atoms. The Morgan fingerprint density at radius 3 is 2.42 bits per heavy atom. The molecule has 3 amide bonds. The Bertz CT molecular complexity index is 608. The molecular weight excluding hydrogens is 252 g/mol. The van der Waals surface area contributed by atoms with Crippen LogP contribution < -0.4 is 5.32 Å². The molecule has 0 radical (unpaired) electrons. The van der Waals surface area contributed by atoms with E-state index in [0.717, 1.165) is 11.0 Å². The number of fused-ring (bicyclic) bond motifs is 1. The molecule has 0 spiro atoms. The lowest BCUT2D eigenvalue weighted by atomic mass is 10.1. The highest BCUT2D eigenvalue weighted by atomic mass is 16.4. The summed E-state index contributed by atoms with van der Waals surface area (Å²) in [5.74, 6) is -2.92. The van der Waals surface area contributed by atoms with Gasteiger partial charge in [-0.15, -0.1) is 0 Å². The SMILES string of the molecule is CNC(=O)CN1C(=O)c2ccc(C(=O)O)cc2C1=O. The van der Waals surface area contributed by atoms with Crippen molar-refractivity contribution in [2.45, 2.75) is 0 Å². The second-order valence-corrected chi connectivity index (χ2v) is 3.94. The van der Waals surface area contributed by atoms with Gasteiger partial charge in [-0.1, -0.05) is 0 Å². The Balaban J connectivity index is 2.38. The van der Waals surface area contributed by atoms with E-state index in [0.29, 0.717) is 0 Å². The van der Waals surface area contributed by atoms with Gasteiger partial charge in [-0.2, -0.15) is 0 Å². The van der Waals surface area contributed by atoms with Crippen LogP contribution >= 0.6 is 0 Å². The molecule has 0 saturated carbocycles. The molecule has 7 heteroatoms. The maximum Gasteiger partial charge on any atom is 0.335 e. The molecule has 0 saturated heterocycles. The van der Waals surface area contributed by atoms with Crippen molar-refractivity contribution in [1.29, 1.82) is 0 Å². The van der Waals surface area contributed by atoms with E-state index in [2.05, 4.69) is 5.32 Å². The summed E-state index contributed by atoms with van der Waals surface area (Å²) in [7, 11) is 1.39. The van der Waals surface area contributed by atoms with Crippen molar-refractivity contribution in [2.75, 3.05) is 13.6 Å². The fourth-order valence-electron chi connectivity index (χ4n) is 1.79. The van der Waals surface area contributed by atoms with Crippen LogP contribution in [0.1, 0.15) is 31.1 Å². The van der Waals surface area contributed by atoms with Gasteiger partial charge in [0.25, 0.3) is 11.8 Å². The van der Waals surface area contributed by atoms with Gasteiger partial charge >= 0.3 is 5.97 Å².